The lowest BCUT2D eigenvalue weighted by molar-refractivity contribution is 0.340. The van der Waals surface area contributed by atoms with E-state index in [0.29, 0.717) is 22.2 Å². The molecular formula is C17H15ClN4OS. The fourth-order valence-corrected chi connectivity index (χ4v) is 2.54. The zero-order valence-corrected chi connectivity index (χ0v) is 14.5. The highest BCUT2D eigenvalue weighted by molar-refractivity contribution is 7.71. The summed E-state index contributed by atoms with van der Waals surface area (Å²) in [5.41, 5.74) is 1.76. The molecule has 24 heavy (non-hydrogen) atoms. The van der Waals surface area contributed by atoms with Crippen molar-refractivity contribution < 1.29 is 4.74 Å². The molecule has 0 aliphatic heterocycles. The standard InChI is InChI=1S/C17H15ClN4OS/c1-2-23-15-8-6-13(7-9-15)16-20-21-17(24)22(16)19-11-12-4-3-5-14(18)10-12/h3-11H,2H2,1H3,(H,21,24)/b19-11-. The van der Waals surface area contributed by atoms with Crippen LogP contribution >= 0.6 is 23.8 Å². The maximum atomic E-state index is 5.98. The Morgan fingerprint density at radius 1 is 1.29 bits per heavy atom. The first-order chi connectivity index (χ1) is 11.7. The second-order valence-corrected chi connectivity index (χ2v) is 5.74. The first-order valence-electron chi connectivity index (χ1n) is 7.38. The molecule has 0 aliphatic carbocycles. The molecule has 1 N–H and O–H groups in total. The monoisotopic (exact) mass is 358 g/mol. The topological polar surface area (TPSA) is 55.2 Å². The number of nitrogens with one attached hydrogen (secondary N) is 1. The van der Waals surface area contributed by atoms with E-state index in [-0.39, 0.29) is 0 Å². The Bertz CT molecular complexity index is 915. The Morgan fingerprint density at radius 3 is 2.79 bits per heavy atom. The molecule has 0 atom stereocenters. The molecule has 0 amide bonds. The van der Waals surface area contributed by atoms with Crippen molar-refractivity contribution in [2.24, 2.45) is 5.10 Å². The molecular weight excluding hydrogens is 344 g/mol. The summed E-state index contributed by atoms with van der Waals surface area (Å²) in [7, 11) is 0. The highest BCUT2D eigenvalue weighted by atomic mass is 35.5. The number of aromatic nitrogens is 3. The predicted octanol–water partition coefficient (Wildman–Crippen LogP) is 4.54. The van der Waals surface area contributed by atoms with E-state index in [1.54, 1.807) is 10.9 Å². The van der Waals surface area contributed by atoms with Crippen molar-refractivity contribution in [1.82, 2.24) is 14.9 Å². The minimum absolute atomic E-state index is 0.414. The molecule has 0 bridgehead atoms. The highest BCUT2D eigenvalue weighted by Crippen LogP contribution is 2.21. The van der Waals surface area contributed by atoms with Crippen LogP contribution in [-0.2, 0) is 0 Å². The van der Waals surface area contributed by atoms with E-state index in [1.807, 2.05) is 55.5 Å². The number of hydrogen-bond acceptors (Lipinski definition) is 4. The molecule has 122 valence electrons. The molecule has 0 spiro atoms. The summed E-state index contributed by atoms with van der Waals surface area (Å²) in [4.78, 5) is 0. The molecule has 3 aromatic rings. The molecule has 0 saturated carbocycles. The number of rotatable bonds is 5. The van der Waals surface area contributed by atoms with E-state index in [0.717, 1.165) is 16.9 Å². The van der Waals surface area contributed by atoms with E-state index in [2.05, 4.69) is 15.3 Å². The third-order valence-corrected chi connectivity index (χ3v) is 3.74. The third-order valence-electron chi connectivity index (χ3n) is 3.24. The van der Waals surface area contributed by atoms with Gasteiger partial charge in [0.15, 0.2) is 5.82 Å². The molecule has 2 aromatic carbocycles. The number of halogens is 1. The van der Waals surface area contributed by atoms with E-state index in [1.165, 1.54) is 0 Å². The summed E-state index contributed by atoms with van der Waals surface area (Å²) in [6.07, 6.45) is 1.69. The van der Waals surface area contributed by atoms with Crippen LogP contribution in [0.25, 0.3) is 11.4 Å². The van der Waals surface area contributed by atoms with Gasteiger partial charge in [0.1, 0.15) is 5.75 Å². The molecule has 7 heteroatoms. The fourth-order valence-electron chi connectivity index (χ4n) is 2.16. The van der Waals surface area contributed by atoms with Gasteiger partial charge in [0.05, 0.1) is 12.8 Å². The van der Waals surface area contributed by atoms with Crippen LogP contribution in [0.1, 0.15) is 12.5 Å². The minimum atomic E-state index is 0.414. The average Bonchev–Trinajstić information content (AvgIpc) is 2.95. The van der Waals surface area contributed by atoms with Crippen molar-refractivity contribution >= 4 is 30.0 Å². The average molecular weight is 359 g/mol. The van der Waals surface area contributed by atoms with Crippen molar-refractivity contribution in [2.75, 3.05) is 6.61 Å². The van der Waals surface area contributed by atoms with Gasteiger partial charge in [-0.1, -0.05) is 23.7 Å². The normalized spacial score (nSPS) is 11.1. The molecule has 1 heterocycles. The minimum Gasteiger partial charge on any atom is -0.494 e. The molecule has 5 nitrogen and oxygen atoms in total. The molecule has 1 aromatic heterocycles. The zero-order valence-electron chi connectivity index (χ0n) is 12.9. The van der Waals surface area contributed by atoms with Gasteiger partial charge in [0.2, 0.25) is 4.77 Å². The summed E-state index contributed by atoms with van der Waals surface area (Å²) < 4.78 is 7.44. The molecule has 0 aliphatic rings. The van der Waals surface area contributed by atoms with Crippen LogP contribution in [0.2, 0.25) is 5.02 Å². The van der Waals surface area contributed by atoms with Crippen LogP contribution in [0.15, 0.2) is 53.6 Å². The second kappa shape index (κ2) is 7.42. The summed E-state index contributed by atoms with van der Waals surface area (Å²) in [5, 5.41) is 12.1. The Morgan fingerprint density at radius 2 is 2.08 bits per heavy atom. The van der Waals surface area contributed by atoms with Crippen LogP contribution in [0, 0.1) is 4.77 Å². The quantitative estimate of drug-likeness (QED) is 0.538. The largest absolute Gasteiger partial charge is 0.494 e. The molecule has 0 fully saturated rings. The Hall–Kier alpha value is -2.44. The van der Waals surface area contributed by atoms with Gasteiger partial charge in [-0.15, -0.1) is 0 Å². The van der Waals surface area contributed by atoms with Crippen molar-refractivity contribution in [3.8, 4) is 17.1 Å². The van der Waals surface area contributed by atoms with Crippen molar-refractivity contribution in [1.29, 1.82) is 0 Å². The number of ether oxygens (including phenoxy) is 1. The number of benzene rings is 2. The second-order valence-electron chi connectivity index (χ2n) is 4.92. The van der Waals surface area contributed by atoms with Gasteiger partial charge in [-0.3, -0.25) is 0 Å². The predicted molar refractivity (Wildman–Crippen MR) is 98.5 cm³/mol. The van der Waals surface area contributed by atoms with Gasteiger partial charge in [-0.05, 0) is 61.1 Å². The zero-order chi connectivity index (χ0) is 16.9. The number of nitrogens with zero attached hydrogens (tertiary/aromatic N) is 3. The number of aromatic amines is 1. The lowest BCUT2D eigenvalue weighted by Crippen LogP contribution is -1.96. The summed E-state index contributed by atoms with van der Waals surface area (Å²) in [6, 6.07) is 15.0. The van der Waals surface area contributed by atoms with Gasteiger partial charge in [-0.2, -0.15) is 14.9 Å². The highest BCUT2D eigenvalue weighted by Gasteiger charge is 2.08. The van der Waals surface area contributed by atoms with Gasteiger partial charge in [0.25, 0.3) is 0 Å². The number of hydrogen-bond donors (Lipinski definition) is 1. The fraction of sp³-hybridized carbons (Fsp3) is 0.118. The van der Waals surface area contributed by atoms with Crippen LogP contribution in [0.5, 0.6) is 5.75 Å². The van der Waals surface area contributed by atoms with Gasteiger partial charge >= 0.3 is 0 Å². The van der Waals surface area contributed by atoms with Gasteiger partial charge < -0.3 is 4.74 Å². The van der Waals surface area contributed by atoms with Gasteiger partial charge in [-0.25, -0.2) is 5.10 Å². The molecule has 0 saturated heterocycles. The molecule has 0 unspecified atom stereocenters. The SMILES string of the molecule is CCOc1ccc(-c2n[nH]c(=S)n2/N=C\c2cccc(Cl)c2)cc1. The van der Waals surface area contributed by atoms with Gasteiger partial charge in [0, 0.05) is 10.6 Å². The Balaban J connectivity index is 1.92. The lowest BCUT2D eigenvalue weighted by Gasteiger charge is -2.04. The lowest BCUT2D eigenvalue weighted by atomic mass is 10.2. The third kappa shape index (κ3) is 3.72. The van der Waals surface area contributed by atoms with E-state index in [4.69, 9.17) is 28.6 Å². The van der Waals surface area contributed by atoms with Crippen LogP contribution in [-0.4, -0.2) is 27.7 Å². The van der Waals surface area contributed by atoms with E-state index < -0.39 is 0 Å². The van der Waals surface area contributed by atoms with E-state index >= 15 is 0 Å². The Kier molecular flexibility index (Phi) is 5.08. The first-order valence-corrected chi connectivity index (χ1v) is 8.16. The van der Waals surface area contributed by atoms with Crippen LogP contribution < -0.4 is 4.74 Å². The summed E-state index contributed by atoms with van der Waals surface area (Å²) in [6.45, 7) is 2.57. The summed E-state index contributed by atoms with van der Waals surface area (Å²) >= 11 is 11.2. The van der Waals surface area contributed by atoms with Crippen LogP contribution in [0.4, 0.5) is 0 Å². The maximum absolute atomic E-state index is 5.98. The molecule has 3 rings (SSSR count). The van der Waals surface area contributed by atoms with Crippen LogP contribution in [0.3, 0.4) is 0 Å². The maximum Gasteiger partial charge on any atom is 0.216 e. The van der Waals surface area contributed by atoms with Crippen molar-refractivity contribution in [3.05, 3.63) is 63.9 Å². The molecule has 0 radical (unpaired) electrons. The Labute approximate surface area is 149 Å². The van der Waals surface area contributed by atoms with Crippen molar-refractivity contribution in [3.63, 3.8) is 0 Å². The number of H-pyrrole nitrogens is 1. The first kappa shape index (κ1) is 16.4. The smallest absolute Gasteiger partial charge is 0.216 e. The summed E-state index contributed by atoms with van der Waals surface area (Å²) in [5.74, 6) is 1.44. The van der Waals surface area contributed by atoms with Crippen molar-refractivity contribution in [2.45, 2.75) is 6.92 Å². The van der Waals surface area contributed by atoms with E-state index in [9.17, 15) is 0 Å².